The van der Waals surface area contributed by atoms with Crippen LogP contribution in [0.5, 0.6) is 0 Å². The van der Waals surface area contributed by atoms with Gasteiger partial charge in [0.2, 0.25) is 5.91 Å². The summed E-state index contributed by atoms with van der Waals surface area (Å²) in [5.41, 5.74) is 0.340. The molecule has 1 atom stereocenters. The molecule has 7 nitrogen and oxygen atoms in total. The van der Waals surface area contributed by atoms with Crippen molar-refractivity contribution < 1.29 is 18.8 Å². The average molecular weight is 490 g/mol. The summed E-state index contributed by atoms with van der Waals surface area (Å²) in [5, 5.41) is 5.98. The van der Waals surface area contributed by atoms with E-state index in [-0.39, 0.29) is 16.9 Å². The van der Waals surface area contributed by atoms with Crippen LogP contribution in [0, 0.1) is 17.8 Å². The summed E-state index contributed by atoms with van der Waals surface area (Å²) in [6, 6.07) is 3.14. The molecule has 2 saturated carbocycles. The van der Waals surface area contributed by atoms with Gasteiger partial charge in [0.05, 0.1) is 6.61 Å². The lowest BCUT2D eigenvalue weighted by Gasteiger charge is -2.36. The number of carbonyl (C=O) groups excluding carboxylic acids is 2. The monoisotopic (exact) mass is 489 g/mol. The predicted molar refractivity (Wildman–Crippen MR) is 137 cm³/mol. The SMILES string of the molecule is CC(C)(C)OC(=O)NC(C(=O)Nc1cc(CO[Si](C)(C)C(C)(C)C)ccn1)C(C1CC1)C1CC1. The number of hydrogen-bond acceptors (Lipinski definition) is 5. The molecule has 0 radical (unpaired) electrons. The van der Waals surface area contributed by atoms with E-state index in [1.54, 1.807) is 6.20 Å². The lowest BCUT2D eigenvalue weighted by molar-refractivity contribution is -0.120. The Balaban J connectivity index is 1.71. The van der Waals surface area contributed by atoms with E-state index in [1.807, 2.05) is 32.9 Å². The highest BCUT2D eigenvalue weighted by Crippen LogP contribution is 2.51. The van der Waals surface area contributed by atoms with E-state index in [2.05, 4.69) is 49.5 Å². The summed E-state index contributed by atoms with van der Waals surface area (Å²) >= 11 is 0. The second-order valence-corrected chi connectivity index (χ2v) is 17.3. The smallest absolute Gasteiger partial charge is 0.408 e. The average Bonchev–Trinajstić information content (AvgIpc) is 3.58. The summed E-state index contributed by atoms with van der Waals surface area (Å²) < 4.78 is 11.8. The van der Waals surface area contributed by atoms with E-state index >= 15 is 0 Å². The fourth-order valence-electron chi connectivity index (χ4n) is 3.98. The molecule has 0 saturated heterocycles. The molecule has 1 aromatic heterocycles. The first-order valence-electron chi connectivity index (χ1n) is 12.6. The van der Waals surface area contributed by atoms with Crippen LogP contribution in [0.15, 0.2) is 18.3 Å². The molecule has 8 heteroatoms. The summed E-state index contributed by atoms with van der Waals surface area (Å²) in [5.74, 6) is 1.34. The number of ether oxygens (including phenoxy) is 1. The van der Waals surface area contributed by atoms with Crippen LogP contribution in [0.3, 0.4) is 0 Å². The van der Waals surface area contributed by atoms with Gasteiger partial charge in [0, 0.05) is 6.20 Å². The van der Waals surface area contributed by atoms with Crippen LogP contribution in [0.4, 0.5) is 10.6 Å². The van der Waals surface area contributed by atoms with Crippen LogP contribution in [-0.2, 0) is 20.6 Å². The molecule has 2 aliphatic carbocycles. The van der Waals surface area contributed by atoms with Crippen molar-refractivity contribution in [3.8, 4) is 0 Å². The highest BCUT2D eigenvalue weighted by atomic mass is 28.4. The van der Waals surface area contributed by atoms with Gasteiger partial charge in [0.15, 0.2) is 8.32 Å². The molecule has 0 bridgehead atoms. The Morgan fingerprint density at radius 1 is 1.09 bits per heavy atom. The summed E-state index contributed by atoms with van der Waals surface area (Å²) in [6.45, 7) is 17.0. The van der Waals surface area contributed by atoms with E-state index in [0.717, 1.165) is 31.2 Å². The van der Waals surface area contributed by atoms with E-state index in [1.165, 1.54) is 0 Å². The number of nitrogens with one attached hydrogen (secondary N) is 2. The Bertz CT molecular complexity index is 871. The maximum Gasteiger partial charge on any atom is 0.408 e. The van der Waals surface area contributed by atoms with Crippen LogP contribution in [-0.4, -0.2) is 36.9 Å². The zero-order valence-electron chi connectivity index (χ0n) is 22.2. The highest BCUT2D eigenvalue weighted by molar-refractivity contribution is 6.74. The number of anilines is 1. The molecule has 0 aliphatic heterocycles. The number of amides is 2. The molecule has 0 spiro atoms. The molecule has 2 fully saturated rings. The zero-order chi connectivity index (χ0) is 25.3. The molecule has 1 heterocycles. The van der Waals surface area contributed by atoms with Gasteiger partial charge in [-0.05, 0) is 100 Å². The van der Waals surface area contributed by atoms with Crippen LogP contribution in [0.25, 0.3) is 0 Å². The topological polar surface area (TPSA) is 89.5 Å². The van der Waals surface area contributed by atoms with E-state index in [4.69, 9.17) is 9.16 Å². The van der Waals surface area contributed by atoms with Crippen molar-refractivity contribution >= 4 is 26.1 Å². The lowest BCUT2D eigenvalue weighted by Crippen LogP contribution is -2.51. The fraction of sp³-hybridized carbons (Fsp3) is 0.731. The zero-order valence-corrected chi connectivity index (χ0v) is 23.2. The van der Waals surface area contributed by atoms with Crippen molar-refractivity contribution in [3.05, 3.63) is 23.9 Å². The lowest BCUT2D eigenvalue weighted by atomic mass is 9.89. The Labute approximate surface area is 205 Å². The molecular weight excluding hydrogens is 446 g/mol. The van der Waals surface area contributed by atoms with Gasteiger partial charge < -0.3 is 19.8 Å². The number of aromatic nitrogens is 1. The minimum atomic E-state index is -1.89. The molecule has 3 rings (SSSR count). The van der Waals surface area contributed by atoms with Gasteiger partial charge in [-0.2, -0.15) is 0 Å². The molecule has 2 aliphatic rings. The first-order valence-corrected chi connectivity index (χ1v) is 15.5. The molecule has 1 unspecified atom stereocenters. The third-order valence-corrected chi connectivity index (χ3v) is 11.6. The molecule has 1 aromatic rings. The molecule has 0 aromatic carbocycles. The molecule has 190 valence electrons. The second kappa shape index (κ2) is 9.97. The van der Waals surface area contributed by atoms with Gasteiger partial charge in [-0.3, -0.25) is 4.79 Å². The molecular formula is C26H43N3O4Si. The van der Waals surface area contributed by atoms with Crippen molar-refractivity contribution in [2.45, 2.75) is 104 Å². The van der Waals surface area contributed by atoms with E-state index in [9.17, 15) is 9.59 Å². The number of hydrogen-bond donors (Lipinski definition) is 2. The third-order valence-electron chi connectivity index (χ3n) is 7.15. The van der Waals surface area contributed by atoms with Crippen LogP contribution in [0.1, 0.15) is 72.8 Å². The quantitative estimate of drug-likeness (QED) is 0.423. The number of carbonyl (C=O) groups is 2. The number of nitrogens with zero attached hydrogens (tertiary/aromatic N) is 1. The van der Waals surface area contributed by atoms with Crippen LogP contribution < -0.4 is 10.6 Å². The number of pyridine rings is 1. The summed E-state index contributed by atoms with van der Waals surface area (Å²) in [7, 11) is -1.89. The second-order valence-electron chi connectivity index (χ2n) is 12.5. The summed E-state index contributed by atoms with van der Waals surface area (Å²) in [6.07, 6.45) is 5.58. The minimum Gasteiger partial charge on any atom is -0.444 e. The largest absolute Gasteiger partial charge is 0.444 e. The van der Waals surface area contributed by atoms with Crippen molar-refractivity contribution in [3.63, 3.8) is 0 Å². The van der Waals surface area contributed by atoms with Crippen LogP contribution >= 0.6 is 0 Å². The predicted octanol–water partition coefficient (Wildman–Crippen LogP) is 5.87. The Morgan fingerprint density at radius 3 is 2.18 bits per heavy atom. The molecule has 2 amide bonds. The minimum absolute atomic E-state index is 0.123. The first kappa shape index (κ1) is 26.7. The molecule has 34 heavy (non-hydrogen) atoms. The van der Waals surface area contributed by atoms with E-state index < -0.39 is 26.1 Å². The summed E-state index contributed by atoms with van der Waals surface area (Å²) in [4.78, 5) is 30.4. The Hall–Kier alpha value is -1.93. The van der Waals surface area contributed by atoms with Crippen molar-refractivity contribution in [1.82, 2.24) is 10.3 Å². The van der Waals surface area contributed by atoms with Gasteiger partial charge in [0.25, 0.3) is 0 Å². The van der Waals surface area contributed by atoms with Crippen molar-refractivity contribution in [2.24, 2.45) is 17.8 Å². The van der Waals surface area contributed by atoms with Crippen molar-refractivity contribution in [2.75, 3.05) is 5.32 Å². The van der Waals surface area contributed by atoms with Gasteiger partial charge in [-0.25, -0.2) is 9.78 Å². The Kier molecular flexibility index (Phi) is 7.82. The maximum absolute atomic E-state index is 13.4. The highest BCUT2D eigenvalue weighted by Gasteiger charge is 2.48. The standard InChI is InChI=1S/C26H43N3O4Si/c1-25(2,3)33-24(31)29-22(21(18-9-10-18)19-11-12-19)23(30)28-20-15-17(13-14-27-20)16-32-34(7,8)26(4,5)6/h13-15,18-19,21-22H,9-12,16H2,1-8H3,(H,29,31)(H,27,28,30). The third kappa shape index (κ3) is 7.53. The van der Waals surface area contributed by atoms with Gasteiger partial charge in [-0.1, -0.05) is 20.8 Å². The van der Waals surface area contributed by atoms with Gasteiger partial charge in [0.1, 0.15) is 17.5 Å². The fourth-order valence-corrected chi connectivity index (χ4v) is 4.94. The maximum atomic E-state index is 13.4. The van der Waals surface area contributed by atoms with Crippen molar-refractivity contribution in [1.29, 1.82) is 0 Å². The van der Waals surface area contributed by atoms with E-state index in [0.29, 0.717) is 24.3 Å². The molecule has 2 N–H and O–H groups in total. The number of alkyl carbamates (subject to hydrolysis) is 1. The van der Waals surface area contributed by atoms with Gasteiger partial charge in [-0.15, -0.1) is 0 Å². The van der Waals surface area contributed by atoms with Gasteiger partial charge >= 0.3 is 6.09 Å². The first-order chi connectivity index (χ1) is 15.7. The number of rotatable bonds is 9. The Morgan fingerprint density at radius 2 is 1.68 bits per heavy atom. The van der Waals surface area contributed by atoms with Crippen LogP contribution in [0.2, 0.25) is 18.1 Å². The normalized spacial score (nSPS) is 17.9.